The molecule has 4 rings (SSSR count). The molecular weight excluding hydrogens is 308 g/mol. The van der Waals surface area contributed by atoms with Crippen LogP contribution in [-0.2, 0) is 12.0 Å². The van der Waals surface area contributed by atoms with E-state index in [0.717, 1.165) is 24.2 Å². The van der Waals surface area contributed by atoms with Crippen LogP contribution >= 0.6 is 0 Å². The van der Waals surface area contributed by atoms with Gasteiger partial charge in [-0.2, -0.15) is 0 Å². The van der Waals surface area contributed by atoms with Gasteiger partial charge in [0.2, 0.25) is 5.56 Å². The number of nitrogens with one attached hydrogen (secondary N) is 2. The minimum Gasteiger partial charge on any atom is -0.371 e. The van der Waals surface area contributed by atoms with Gasteiger partial charge in [-0.25, -0.2) is 0 Å². The van der Waals surface area contributed by atoms with E-state index >= 15 is 0 Å². The van der Waals surface area contributed by atoms with Crippen molar-refractivity contribution in [2.75, 3.05) is 5.32 Å². The molecule has 0 spiro atoms. The molecule has 0 amide bonds. The van der Waals surface area contributed by atoms with Crippen molar-refractivity contribution in [3.63, 3.8) is 0 Å². The van der Waals surface area contributed by atoms with Crippen molar-refractivity contribution in [1.29, 1.82) is 0 Å². The average molecular weight is 332 g/mol. The van der Waals surface area contributed by atoms with Gasteiger partial charge in [0.05, 0.1) is 5.54 Å². The predicted octanol–water partition coefficient (Wildman–Crippen LogP) is 4.46. The number of rotatable bonds is 2. The second-order valence-corrected chi connectivity index (χ2v) is 7.36. The summed E-state index contributed by atoms with van der Waals surface area (Å²) in [5, 5.41) is 3.83. The number of benzene rings is 1. The summed E-state index contributed by atoms with van der Waals surface area (Å²) >= 11 is 0. The highest BCUT2D eigenvalue weighted by molar-refractivity contribution is 5.59. The summed E-state index contributed by atoms with van der Waals surface area (Å²) in [5.74, 6) is 0.335. The molecular formula is C22H24N2O. The Hall–Kier alpha value is -2.55. The van der Waals surface area contributed by atoms with Crippen molar-refractivity contribution in [1.82, 2.24) is 4.98 Å². The van der Waals surface area contributed by atoms with Crippen LogP contribution in [0.5, 0.6) is 0 Å². The second-order valence-electron chi connectivity index (χ2n) is 7.36. The van der Waals surface area contributed by atoms with E-state index in [1.807, 2.05) is 6.07 Å². The summed E-state index contributed by atoms with van der Waals surface area (Å²) in [6, 6.07) is 12.2. The van der Waals surface area contributed by atoms with Crippen LogP contribution in [0.4, 0.5) is 5.69 Å². The van der Waals surface area contributed by atoms with Crippen LogP contribution in [0, 0.1) is 12.8 Å². The van der Waals surface area contributed by atoms with E-state index in [0.29, 0.717) is 5.92 Å². The van der Waals surface area contributed by atoms with Crippen LogP contribution in [0.25, 0.3) is 0 Å². The molecule has 2 atom stereocenters. The Morgan fingerprint density at radius 3 is 2.64 bits per heavy atom. The van der Waals surface area contributed by atoms with Crippen LogP contribution in [0.3, 0.4) is 0 Å². The number of hydrogen-bond acceptors (Lipinski definition) is 2. The Bertz CT molecular complexity index is 933. The number of allylic oxidation sites excluding steroid dienone is 2. The van der Waals surface area contributed by atoms with Crippen molar-refractivity contribution in [2.24, 2.45) is 5.92 Å². The van der Waals surface area contributed by atoms with Gasteiger partial charge in [-0.3, -0.25) is 4.79 Å². The zero-order valence-electron chi connectivity index (χ0n) is 15.0. The first kappa shape index (κ1) is 15.9. The maximum atomic E-state index is 11.9. The lowest BCUT2D eigenvalue weighted by atomic mass is 9.63. The molecule has 2 aromatic rings. The van der Waals surface area contributed by atoms with E-state index < -0.39 is 0 Å². The molecule has 0 radical (unpaired) electrons. The van der Waals surface area contributed by atoms with Gasteiger partial charge in [0, 0.05) is 28.9 Å². The summed E-state index contributed by atoms with van der Waals surface area (Å²) in [6.45, 7) is 6.43. The number of pyridine rings is 1. The minimum atomic E-state index is -0.286. The third-order valence-corrected chi connectivity index (χ3v) is 5.53. The Balaban J connectivity index is 1.92. The molecule has 128 valence electrons. The van der Waals surface area contributed by atoms with E-state index in [4.69, 9.17) is 0 Å². The summed E-state index contributed by atoms with van der Waals surface area (Å²) in [7, 11) is 0. The van der Waals surface area contributed by atoms with Crippen molar-refractivity contribution >= 4 is 5.69 Å². The van der Waals surface area contributed by atoms with Crippen LogP contribution in [0.1, 0.15) is 37.1 Å². The average Bonchev–Trinajstić information content (AvgIpc) is 2.56. The maximum Gasteiger partial charge on any atom is 0.248 e. The molecule has 25 heavy (non-hydrogen) atoms. The van der Waals surface area contributed by atoms with Crippen molar-refractivity contribution in [3.05, 3.63) is 86.9 Å². The Labute approximate surface area is 148 Å². The lowest BCUT2D eigenvalue weighted by Gasteiger charge is -2.48. The number of aryl methyl sites for hydroxylation is 1. The first-order chi connectivity index (χ1) is 12.0. The molecule has 2 N–H and O–H groups in total. The number of hydrogen-bond donors (Lipinski definition) is 2. The molecule has 1 aromatic heterocycles. The van der Waals surface area contributed by atoms with Gasteiger partial charge >= 0.3 is 0 Å². The summed E-state index contributed by atoms with van der Waals surface area (Å²) < 4.78 is 0. The van der Waals surface area contributed by atoms with Crippen LogP contribution in [0.15, 0.2) is 64.5 Å². The molecule has 3 heteroatoms. The summed E-state index contributed by atoms with van der Waals surface area (Å²) in [5.41, 5.74) is 7.11. The normalized spacial score (nSPS) is 26.1. The number of anilines is 1. The Morgan fingerprint density at radius 2 is 1.92 bits per heavy atom. The van der Waals surface area contributed by atoms with Crippen molar-refractivity contribution in [2.45, 2.75) is 39.2 Å². The Kier molecular flexibility index (Phi) is 3.68. The van der Waals surface area contributed by atoms with Gasteiger partial charge in [0.25, 0.3) is 0 Å². The largest absolute Gasteiger partial charge is 0.371 e. The van der Waals surface area contributed by atoms with Crippen LogP contribution in [-0.4, -0.2) is 4.98 Å². The maximum absolute atomic E-state index is 11.9. The van der Waals surface area contributed by atoms with Gasteiger partial charge in [-0.15, -0.1) is 0 Å². The molecule has 0 fully saturated rings. The molecule has 0 saturated heterocycles. The fraction of sp³-hybridized carbons (Fsp3) is 0.318. The standard InChI is InChI=1S/C22H24N2O/c1-4-18-16-11-15(3)13-22(18,24-17-7-5-14(2)6-8-17)19-9-10-21(25)23-20(19)12-16/h4-11,16,24H,12-13H2,1-3H3,(H,23,25)/b18-4+/t16-,22+/m0/s1. The smallest absolute Gasteiger partial charge is 0.248 e. The predicted molar refractivity (Wildman–Crippen MR) is 103 cm³/mol. The lowest BCUT2D eigenvalue weighted by Crippen LogP contribution is -2.47. The number of aromatic amines is 1. The van der Waals surface area contributed by atoms with E-state index in [1.165, 1.54) is 22.3 Å². The van der Waals surface area contributed by atoms with Gasteiger partial charge in [-0.05, 0) is 57.4 Å². The zero-order valence-corrected chi connectivity index (χ0v) is 15.0. The molecule has 0 unspecified atom stereocenters. The molecule has 1 heterocycles. The van der Waals surface area contributed by atoms with Gasteiger partial charge < -0.3 is 10.3 Å². The monoisotopic (exact) mass is 332 g/mol. The third kappa shape index (κ3) is 2.55. The van der Waals surface area contributed by atoms with E-state index in [1.54, 1.807) is 6.07 Å². The second kappa shape index (κ2) is 5.76. The highest BCUT2D eigenvalue weighted by atomic mass is 16.1. The van der Waals surface area contributed by atoms with Crippen LogP contribution in [0.2, 0.25) is 0 Å². The van der Waals surface area contributed by atoms with E-state index in [9.17, 15) is 4.79 Å². The first-order valence-corrected chi connectivity index (χ1v) is 8.93. The van der Waals surface area contributed by atoms with Crippen LogP contribution < -0.4 is 10.9 Å². The van der Waals surface area contributed by atoms with Gasteiger partial charge in [0.15, 0.2) is 0 Å². The summed E-state index contributed by atoms with van der Waals surface area (Å²) in [4.78, 5) is 15.0. The number of fused-ring (bicyclic) bond motifs is 4. The lowest BCUT2D eigenvalue weighted by molar-refractivity contribution is 0.440. The van der Waals surface area contributed by atoms with Gasteiger partial charge in [-0.1, -0.05) is 35.4 Å². The molecule has 0 saturated carbocycles. The SMILES string of the molecule is C/C=C1\[C@H]2C=C(C)C[C@]1(Nc1ccc(C)cc1)c1ccc(=O)[nH]c1C2. The fourth-order valence-corrected chi connectivity index (χ4v) is 4.57. The fourth-order valence-electron chi connectivity index (χ4n) is 4.57. The quantitative estimate of drug-likeness (QED) is 0.798. The first-order valence-electron chi connectivity index (χ1n) is 8.93. The highest BCUT2D eigenvalue weighted by Crippen LogP contribution is 2.51. The molecule has 1 aromatic carbocycles. The topological polar surface area (TPSA) is 44.9 Å². The van der Waals surface area contributed by atoms with E-state index in [-0.39, 0.29) is 11.1 Å². The highest BCUT2D eigenvalue weighted by Gasteiger charge is 2.46. The summed E-state index contributed by atoms with van der Waals surface area (Å²) in [6.07, 6.45) is 6.39. The van der Waals surface area contributed by atoms with Crippen molar-refractivity contribution in [3.8, 4) is 0 Å². The molecule has 2 bridgehead atoms. The number of aromatic nitrogens is 1. The number of H-pyrrole nitrogens is 1. The zero-order chi connectivity index (χ0) is 17.6. The molecule has 2 aliphatic rings. The molecule has 2 aliphatic carbocycles. The van der Waals surface area contributed by atoms with Gasteiger partial charge in [0.1, 0.15) is 0 Å². The minimum absolute atomic E-state index is 0.0214. The Morgan fingerprint density at radius 1 is 1.16 bits per heavy atom. The third-order valence-electron chi connectivity index (χ3n) is 5.53. The van der Waals surface area contributed by atoms with E-state index in [2.05, 4.69) is 67.5 Å². The molecule has 3 nitrogen and oxygen atoms in total. The molecule has 0 aliphatic heterocycles. The van der Waals surface area contributed by atoms with Crippen molar-refractivity contribution < 1.29 is 0 Å².